The van der Waals surface area contributed by atoms with Crippen LogP contribution in [0.2, 0.25) is 0 Å². The highest BCUT2D eigenvalue weighted by Gasteiger charge is 2.15. The smallest absolute Gasteiger partial charge is 0.265 e. The van der Waals surface area contributed by atoms with E-state index in [1.807, 2.05) is 43.3 Å². The summed E-state index contributed by atoms with van der Waals surface area (Å²) in [5, 5.41) is 2.80. The second kappa shape index (κ2) is 7.41. The molecule has 3 aromatic rings. The maximum absolute atomic E-state index is 12.5. The van der Waals surface area contributed by atoms with Gasteiger partial charge in [0.05, 0.1) is 9.77 Å². The number of anilines is 1. The fraction of sp³-hybridized carbons (Fsp3) is 0.105. The highest BCUT2D eigenvalue weighted by Crippen LogP contribution is 2.32. The Bertz CT molecular complexity index is 1020. The molecule has 134 valence electrons. The van der Waals surface area contributed by atoms with Gasteiger partial charge in [-0.1, -0.05) is 30.3 Å². The molecule has 0 saturated heterocycles. The van der Waals surface area contributed by atoms with Crippen LogP contribution in [0.5, 0.6) is 0 Å². The molecule has 0 radical (unpaired) electrons. The van der Waals surface area contributed by atoms with Gasteiger partial charge in [-0.2, -0.15) is 0 Å². The monoisotopic (exact) mass is 386 g/mol. The Labute approximate surface area is 156 Å². The molecule has 2 N–H and O–H groups in total. The summed E-state index contributed by atoms with van der Waals surface area (Å²) in [7, 11) is -2.13. The Morgan fingerprint density at radius 2 is 1.65 bits per heavy atom. The van der Waals surface area contributed by atoms with Crippen molar-refractivity contribution in [3.63, 3.8) is 0 Å². The molecule has 1 aromatic heterocycles. The fourth-order valence-corrected chi connectivity index (χ4v) is 4.30. The lowest BCUT2D eigenvalue weighted by Gasteiger charge is -2.06. The van der Waals surface area contributed by atoms with E-state index in [0.717, 1.165) is 16.0 Å². The van der Waals surface area contributed by atoms with Crippen molar-refractivity contribution >= 4 is 33.0 Å². The molecule has 0 bridgehead atoms. The minimum absolute atomic E-state index is 0.149. The number of thiophene rings is 1. The van der Waals surface area contributed by atoms with Crippen LogP contribution in [-0.2, 0) is 10.0 Å². The van der Waals surface area contributed by atoms with Crippen LogP contribution in [0.4, 0.5) is 5.69 Å². The number of hydrogen-bond acceptors (Lipinski definition) is 4. The third kappa shape index (κ3) is 3.85. The van der Waals surface area contributed by atoms with E-state index in [4.69, 9.17) is 0 Å². The molecular formula is C19H18N2O3S2. The van der Waals surface area contributed by atoms with E-state index >= 15 is 0 Å². The van der Waals surface area contributed by atoms with Gasteiger partial charge < -0.3 is 5.32 Å². The molecule has 0 aliphatic heterocycles. The first-order valence-electron chi connectivity index (χ1n) is 7.91. The molecule has 26 heavy (non-hydrogen) atoms. The summed E-state index contributed by atoms with van der Waals surface area (Å²) in [6.07, 6.45) is 0. The highest BCUT2D eigenvalue weighted by atomic mass is 32.2. The predicted octanol–water partition coefficient (Wildman–Crippen LogP) is 3.88. The Kier molecular flexibility index (Phi) is 5.22. The van der Waals surface area contributed by atoms with Crippen LogP contribution in [0.15, 0.2) is 65.6 Å². The van der Waals surface area contributed by atoms with Crippen molar-refractivity contribution in [2.24, 2.45) is 0 Å². The normalized spacial score (nSPS) is 11.3. The number of carbonyl (C=O) groups excluding carboxylic acids is 1. The van der Waals surface area contributed by atoms with Gasteiger partial charge in [0.1, 0.15) is 0 Å². The first-order chi connectivity index (χ1) is 12.4. The maximum Gasteiger partial charge on any atom is 0.265 e. The molecule has 3 rings (SSSR count). The van der Waals surface area contributed by atoms with E-state index in [1.165, 1.54) is 30.5 Å². The van der Waals surface area contributed by atoms with Crippen LogP contribution in [0.3, 0.4) is 0 Å². The summed E-state index contributed by atoms with van der Waals surface area (Å²) in [4.78, 5) is 14.3. The molecule has 1 amide bonds. The van der Waals surface area contributed by atoms with Gasteiger partial charge >= 0.3 is 0 Å². The minimum Gasteiger partial charge on any atom is -0.321 e. The molecule has 0 atom stereocenters. The fourth-order valence-electron chi connectivity index (χ4n) is 2.50. The Morgan fingerprint density at radius 1 is 1.00 bits per heavy atom. The number of hydrogen-bond donors (Lipinski definition) is 2. The van der Waals surface area contributed by atoms with Crippen LogP contribution in [-0.4, -0.2) is 21.4 Å². The lowest BCUT2D eigenvalue weighted by Crippen LogP contribution is -2.18. The summed E-state index contributed by atoms with van der Waals surface area (Å²) < 4.78 is 25.7. The molecule has 0 fully saturated rings. The van der Waals surface area contributed by atoms with Gasteiger partial charge in [-0.25, -0.2) is 13.1 Å². The molecule has 7 heteroatoms. The molecule has 1 heterocycles. The molecule has 0 saturated carbocycles. The van der Waals surface area contributed by atoms with Gasteiger partial charge in [0.25, 0.3) is 5.91 Å². The quantitative estimate of drug-likeness (QED) is 0.699. The number of rotatable bonds is 5. The van der Waals surface area contributed by atoms with Crippen LogP contribution < -0.4 is 10.0 Å². The third-order valence-corrected chi connectivity index (χ3v) is 6.58. The number of sulfonamides is 1. The second-order valence-corrected chi connectivity index (χ2v) is 8.61. The zero-order chi connectivity index (χ0) is 18.7. The van der Waals surface area contributed by atoms with Crippen molar-refractivity contribution in [1.82, 2.24) is 4.72 Å². The zero-order valence-electron chi connectivity index (χ0n) is 14.3. The molecule has 5 nitrogen and oxygen atoms in total. The Morgan fingerprint density at radius 3 is 2.27 bits per heavy atom. The van der Waals surface area contributed by atoms with E-state index in [1.54, 1.807) is 12.1 Å². The van der Waals surface area contributed by atoms with Gasteiger partial charge in [-0.15, -0.1) is 11.3 Å². The van der Waals surface area contributed by atoms with Crippen molar-refractivity contribution in [1.29, 1.82) is 0 Å². The summed E-state index contributed by atoms with van der Waals surface area (Å²) in [5.74, 6) is -0.218. The molecule has 0 aliphatic rings. The van der Waals surface area contributed by atoms with E-state index in [0.29, 0.717) is 10.6 Å². The van der Waals surface area contributed by atoms with Crippen LogP contribution >= 0.6 is 11.3 Å². The predicted molar refractivity (Wildman–Crippen MR) is 105 cm³/mol. The average molecular weight is 386 g/mol. The van der Waals surface area contributed by atoms with Crippen molar-refractivity contribution < 1.29 is 13.2 Å². The summed E-state index contributed by atoms with van der Waals surface area (Å²) in [6, 6.07) is 17.8. The highest BCUT2D eigenvalue weighted by molar-refractivity contribution is 7.89. The first-order valence-corrected chi connectivity index (χ1v) is 10.2. The largest absolute Gasteiger partial charge is 0.321 e. The number of aryl methyl sites for hydroxylation is 1. The summed E-state index contributed by atoms with van der Waals surface area (Å²) >= 11 is 1.43. The first kappa shape index (κ1) is 18.3. The Balaban J connectivity index is 1.79. The number of carbonyl (C=O) groups is 1. The molecule has 0 spiro atoms. The van der Waals surface area contributed by atoms with Crippen LogP contribution in [0.1, 0.15) is 15.2 Å². The molecule has 0 unspecified atom stereocenters. The van der Waals surface area contributed by atoms with E-state index in [2.05, 4.69) is 10.0 Å². The van der Waals surface area contributed by atoms with Crippen molar-refractivity contribution in [2.45, 2.75) is 11.8 Å². The van der Waals surface area contributed by atoms with Crippen LogP contribution in [0.25, 0.3) is 10.4 Å². The zero-order valence-corrected chi connectivity index (χ0v) is 15.9. The third-order valence-electron chi connectivity index (χ3n) is 3.87. The van der Waals surface area contributed by atoms with Gasteiger partial charge in [0.2, 0.25) is 10.0 Å². The number of nitrogens with one attached hydrogen (secondary N) is 2. The van der Waals surface area contributed by atoms with Gasteiger partial charge in [-0.05, 0) is 55.4 Å². The van der Waals surface area contributed by atoms with E-state index < -0.39 is 10.0 Å². The summed E-state index contributed by atoms with van der Waals surface area (Å²) in [5.41, 5.74) is 2.66. The average Bonchev–Trinajstić information content (AvgIpc) is 3.05. The number of amides is 1. The van der Waals surface area contributed by atoms with Gasteiger partial charge in [0.15, 0.2) is 0 Å². The summed E-state index contributed by atoms with van der Waals surface area (Å²) in [6.45, 7) is 1.98. The number of benzene rings is 2. The van der Waals surface area contributed by atoms with Crippen molar-refractivity contribution in [3.05, 3.63) is 71.1 Å². The van der Waals surface area contributed by atoms with E-state index in [9.17, 15) is 13.2 Å². The Hall–Kier alpha value is -2.48. The van der Waals surface area contributed by atoms with Crippen molar-refractivity contribution in [2.75, 3.05) is 12.4 Å². The van der Waals surface area contributed by atoms with Crippen LogP contribution in [0, 0.1) is 6.92 Å². The van der Waals surface area contributed by atoms with Crippen molar-refractivity contribution in [3.8, 4) is 10.4 Å². The lowest BCUT2D eigenvalue weighted by atomic mass is 10.1. The topological polar surface area (TPSA) is 75.3 Å². The molecular weight excluding hydrogens is 368 g/mol. The SMILES string of the molecule is CNS(=O)(=O)c1ccc(NC(=O)c2cc(C)c(-c3ccccc3)s2)cc1. The minimum atomic E-state index is -3.49. The van der Waals surface area contributed by atoms with E-state index in [-0.39, 0.29) is 10.8 Å². The van der Waals surface area contributed by atoms with Gasteiger partial charge in [0, 0.05) is 10.6 Å². The standard InChI is InChI=1S/C19H18N2O3S2/c1-13-12-17(25-18(13)14-6-4-3-5-7-14)19(22)21-15-8-10-16(11-9-15)26(23,24)20-2/h3-12,20H,1-2H3,(H,21,22). The maximum atomic E-state index is 12.5. The second-order valence-electron chi connectivity index (χ2n) is 5.67. The molecule has 0 aliphatic carbocycles. The van der Waals surface area contributed by atoms with Gasteiger partial charge in [-0.3, -0.25) is 4.79 Å². The lowest BCUT2D eigenvalue weighted by molar-refractivity contribution is 0.103. The molecule has 2 aromatic carbocycles.